The number of anilines is 2. The summed E-state index contributed by atoms with van der Waals surface area (Å²) in [7, 11) is 0. The van der Waals surface area contributed by atoms with E-state index in [4.69, 9.17) is 17.3 Å². The van der Waals surface area contributed by atoms with E-state index in [0.717, 1.165) is 5.82 Å². The second-order valence-electron chi connectivity index (χ2n) is 5.98. The van der Waals surface area contributed by atoms with E-state index in [-0.39, 0.29) is 5.41 Å². The molecule has 4 nitrogen and oxygen atoms in total. The monoisotopic (exact) mass is 268 g/mol. The Balaban J connectivity index is 2.30. The van der Waals surface area contributed by atoms with Crippen molar-refractivity contribution in [2.75, 3.05) is 11.1 Å². The molecule has 1 fully saturated rings. The highest BCUT2D eigenvalue weighted by atomic mass is 35.5. The minimum atomic E-state index is -0.135. The van der Waals surface area contributed by atoms with Crippen molar-refractivity contribution < 1.29 is 0 Å². The second-order valence-corrected chi connectivity index (χ2v) is 6.33. The minimum Gasteiger partial charge on any atom is -0.393 e. The van der Waals surface area contributed by atoms with Gasteiger partial charge in [0.05, 0.1) is 0 Å². The lowest BCUT2D eigenvalue weighted by Gasteiger charge is -2.21. The van der Waals surface area contributed by atoms with Crippen LogP contribution in [0, 0.1) is 0 Å². The molecule has 0 saturated heterocycles. The van der Waals surface area contributed by atoms with Gasteiger partial charge in [-0.25, -0.2) is 9.97 Å². The smallest absolute Gasteiger partial charge is 0.157 e. The number of hydrogen-bond donors (Lipinski definition) is 2. The molecule has 0 spiro atoms. The summed E-state index contributed by atoms with van der Waals surface area (Å²) in [5.41, 5.74) is 6.27. The van der Waals surface area contributed by atoms with Crippen LogP contribution in [0.25, 0.3) is 0 Å². The predicted molar refractivity (Wildman–Crippen MR) is 76.0 cm³/mol. The van der Waals surface area contributed by atoms with Gasteiger partial charge in [0.1, 0.15) is 11.5 Å². The first kappa shape index (κ1) is 13.4. The van der Waals surface area contributed by atoms with Crippen LogP contribution in [0.3, 0.4) is 0 Å². The van der Waals surface area contributed by atoms with Gasteiger partial charge in [-0.1, -0.05) is 45.2 Å². The van der Waals surface area contributed by atoms with Crippen LogP contribution in [0.2, 0.25) is 5.15 Å². The number of nitrogens with one attached hydrogen (secondary N) is 1. The molecule has 100 valence electrons. The molecule has 1 aliphatic carbocycles. The van der Waals surface area contributed by atoms with Crippen molar-refractivity contribution in [3.05, 3.63) is 11.0 Å². The maximum Gasteiger partial charge on any atom is 0.157 e. The van der Waals surface area contributed by atoms with E-state index in [1.807, 2.05) is 0 Å². The maximum absolute atomic E-state index is 6.09. The van der Waals surface area contributed by atoms with Crippen LogP contribution in [0.1, 0.15) is 52.3 Å². The topological polar surface area (TPSA) is 63.8 Å². The average Bonchev–Trinajstić information content (AvgIpc) is 2.75. The summed E-state index contributed by atoms with van der Waals surface area (Å²) in [5.74, 6) is 1.41. The van der Waals surface area contributed by atoms with Gasteiger partial charge < -0.3 is 11.1 Å². The summed E-state index contributed by atoms with van der Waals surface area (Å²) in [5, 5.41) is 3.74. The van der Waals surface area contributed by atoms with Crippen molar-refractivity contribution in [1.29, 1.82) is 0 Å². The van der Waals surface area contributed by atoms with E-state index >= 15 is 0 Å². The SMILES string of the molecule is CC(C)(C)c1nc(Cl)c(N)c(NC2CCCC2)n1. The Morgan fingerprint density at radius 3 is 2.39 bits per heavy atom. The van der Waals surface area contributed by atoms with Gasteiger partial charge in [-0.05, 0) is 12.8 Å². The fourth-order valence-electron chi connectivity index (χ4n) is 2.15. The number of aromatic nitrogens is 2. The summed E-state index contributed by atoms with van der Waals surface area (Å²) in [4.78, 5) is 8.80. The molecule has 1 aromatic heterocycles. The Bertz CT molecular complexity index is 433. The first-order chi connectivity index (χ1) is 8.38. The Labute approximate surface area is 113 Å². The third-order valence-corrected chi connectivity index (χ3v) is 3.55. The Kier molecular flexibility index (Phi) is 3.66. The quantitative estimate of drug-likeness (QED) is 0.808. The van der Waals surface area contributed by atoms with Crippen molar-refractivity contribution in [3.8, 4) is 0 Å². The summed E-state index contributed by atoms with van der Waals surface area (Å²) in [6.45, 7) is 6.19. The van der Waals surface area contributed by atoms with Crippen molar-refractivity contribution in [2.45, 2.75) is 57.9 Å². The molecule has 3 N–H and O–H groups in total. The number of nitrogens with two attached hydrogens (primary N) is 1. The third-order valence-electron chi connectivity index (χ3n) is 3.27. The average molecular weight is 269 g/mol. The van der Waals surface area contributed by atoms with Crippen LogP contribution in [-0.2, 0) is 5.41 Å². The van der Waals surface area contributed by atoms with Gasteiger partial charge in [0.2, 0.25) is 0 Å². The first-order valence-electron chi connectivity index (χ1n) is 6.48. The van der Waals surface area contributed by atoms with E-state index in [1.54, 1.807) is 0 Å². The molecule has 0 aromatic carbocycles. The zero-order chi connectivity index (χ0) is 13.3. The first-order valence-corrected chi connectivity index (χ1v) is 6.86. The van der Waals surface area contributed by atoms with Gasteiger partial charge in [0, 0.05) is 11.5 Å². The molecule has 0 radical (unpaired) electrons. The number of nitrogens with zero attached hydrogens (tertiary/aromatic N) is 2. The zero-order valence-electron chi connectivity index (χ0n) is 11.3. The lowest BCUT2D eigenvalue weighted by Crippen LogP contribution is -2.22. The molecule has 0 bridgehead atoms. The van der Waals surface area contributed by atoms with Crippen molar-refractivity contribution in [2.24, 2.45) is 0 Å². The molecule has 2 rings (SSSR count). The second kappa shape index (κ2) is 4.92. The van der Waals surface area contributed by atoms with Crippen molar-refractivity contribution >= 4 is 23.1 Å². The third kappa shape index (κ3) is 2.86. The Morgan fingerprint density at radius 2 is 1.83 bits per heavy atom. The van der Waals surface area contributed by atoms with Gasteiger partial charge in [-0.15, -0.1) is 0 Å². The molecule has 1 saturated carbocycles. The minimum absolute atomic E-state index is 0.135. The molecule has 1 aromatic rings. The number of halogens is 1. The summed E-state index contributed by atoms with van der Waals surface area (Å²) in [6, 6.07) is 0.464. The van der Waals surface area contributed by atoms with Crippen LogP contribution < -0.4 is 11.1 Å². The summed E-state index contributed by atoms with van der Waals surface area (Å²) >= 11 is 6.09. The van der Waals surface area contributed by atoms with Gasteiger partial charge in [-0.3, -0.25) is 0 Å². The molecule has 1 aliphatic rings. The van der Waals surface area contributed by atoms with Crippen LogP contribution in [0.5, 0.6) is 0 Å². The molecule has 0 aliphatic heterocycles. The molecular formula is C13H21ClN4. The number of rotatable bonds is 2. The van der Waals surface area contributed by atoms with Crippen LogP contribution in [0.15, 0.2) is 0 Å². The van der Waals surface area contributed by atoms with E-state index in [2.05, 4.69) is 36.1 Å². The maximum atomic E-state index is 6.09. The highest BCUT2D eigenvalue weighted by Gasteiger charge is 2.23. The normalized spacial score (nSPS) is 17.1. The largest absolute Gasteiger partial charge is 0.393 e. The van der Waals surface area contributed by atoms with Gasteiger partial charge in [0.15, 0.2) is 11.0 Å². The summed E-state index contributed by atoms with van der Waals surface area (Å²) < 4.78 is 0. The van der Waals surface area contributed by atoms with E-state index in [9.17, 15) is 0 Å². The Hall–Kier alpha value is -1.03. The Morgan fingerprint density at radius 1 is 1.22 bits per heavy atom. The highest BCUT2D eigenvalue weighted by Crippen LogP contribution is 2.30. The molecule has 1 heterocycles. The number of hydrogen-bond acceptors (Lipinski definition) is 4. The fraction of sp³-hybridized carbons (Fsp3) is 0.692. The standard InChI is InChI=1S/C13H21ClN4/c1-13(2,3)12-17-10(14)9(15)11(18-12)16-8-6-4-5-7-8/h8H,4-7,15H2,1-3H3,(H,16,17,18). The molecule has 0 atom stereocenters. The van der Waals surface area contributed by atoms with Crippen LogP contribution in [-0.4, -0.2) is 16.0 Å². The highest BCUT2D eigenvalue weighted by molar-refractivity contribution is 6.32. The molecule has 18 heavy (non-hydrogen) atoms. The van der Waals surface area contributed by atoms with E-state index < -0.39 is 0 Å². The van der Waals surface area contributed by atoms with Crippen LogP contribution in [0.4, 0.5) is 11.5 Å². The predicted octanol–water partition coefficient (Wildman–Crippen LogP) is 3.36. The zero-order valence-corrected chi connectivity index (χ0v) is 12.0. The van der Waals surface area contributed by atoms with E-state index in [0.29, 0.717) is 22.7 Å². The van der Waals surface area contributed by atoms with Gasteiger partial charge in [0.25, 0.3) is 0 Å². The molecule has 0 unspecified atom stereocenters. The van der Waals surface area contributed by atoms with E-state index in [1.165, 1.54) is 25.7 Å². The van der Waals surface area contributed by atoms with Crippen molar-refractivity contribution in [1.82, 2.24) is 9.97 Å². The fourth-order valence-corrected chi connectivity index (χ4v) is 2.32. The van der Waals surface area contributed by atoms with Crippen LogP contribution >= 0.6 is 11.6 Å². The van der Waals surface area contributed by atoms with Gasteiger partial charge in [-0.2, -0.15) is 0 Å². The van der Waals surface area contributed by atoms with Crippen molar-refractivity contribution in [3.63, 3.8) is 0 Å². The molecule has 5 heteroatoms. The van der Waals surface area contributed by atoms with Gasteiger partial charge >= 0.3 is 0 Å². The molecule has 0 amide bonds. The lowest BCUT2D eigenvalue weighted by atomic mass is 9.96. The molecular weight excluding hydrogens is 248 g/mol. The lowest BCUT2D eigenvalue weighted by molar-refractivity contribution is 0.545. The summed E-state index contributed by atoms with van der Waals surface area (Å²) in [6.07, 6.45) is 4.88. The number of nitrogen functional groups attached to an aromatic ring is 1.